The van der Waals surface area contributed by atoms with Gasteiger partial charge in [0.15, 0.2) is 0 Å². The molecule has 0 spiro atoms. The molecule has 1 aromatic carbocycles. The van der Waals surface area contributed by atoms with Gasteiger partial charge in [-0.25, -0.2) is 4.79 Å². The molecule has 21 heavy (non-hydrogen) atoms. The van der Waals surface area contributed by atoms with Gasteiger partial charge in [-0.05, 0) is 41.5 Å². The highest BCUT2D eigenvalue weighted by Gasteiger charge is 2.34. The number of nitriles is 1. The Morgan fingerprint density at radius 3 is 2.62 bits per heavy atom. The van der Waals surface area contributed by atoms with Gasteiger partial charge in [-0.2, -0.15) is 5.26 Å². The van der Waals surface area contributed by atoms with Crippen molar-refractivity contribution < 1.29 is 9.90 Å². The van der Waals surface area contributed by atoms with Gasteiger partial charge in [-0.3, -0.25) is 0 Å². The summed E-state index contributed by atoms with van der Waals surface area (Å²) in [5.41, 5.74) is 4.00. The van der Waals surface area contributed by atoms with Crippen LogP contribution in [0.3, 0.4) is 0 Å². The molecule has 2 rings (SSSR count). The van der Waals surface area contributed by atoms with Crippen LogP contribution in [0.2, 0.25) is 0 Å². The van der Waals surface area contributed by atoms with Crippen molar-refractivity contribution in [3.63, 3.8) is 0 Å². The molecule has 112 valence electrons. The van der Waals surface area contributed by atoms with Crippen molar-refractivity contribution in [2.75, 3.05) is 13.1 Å². The Hall–Kier alpha value is -2.02. The molecule has 1 aliphatic heterocycles. The predicted molar refractivity (Wildman–Crippen MR) is 81.4 cm³/mol. The lowest BCUT2D eigenvalue weighted by Gasteiger charge is -2.33. The fourth-order valence-corrected chi connectivity index (χ4v) is 3.13. The smallest absolute Gasteiger partial charge is 0.407 e. The first kappa shape index (κ1) is 15.4. The van der Waals surface area contributed by atoms with Crippen LogP contribution in [0.25, 0.3) is 0 Å². The van der Waals surface area contributed by atoms with E-state index in [0.717, 1.165) is 11.1 Å². The summed E-state index contributed by atoms with van der Waals surface area (Å²) in [4.78, 5) is 12.9. The van der Waals surface area contributed by atoms with E-state index in [4.69, 9.17) is 0 Å². The molecule has 1 atom stereocenters. The maximum Gasteiger partial charge on any atom is 0.407 e. The Labute approximate surface area is 126 Å². The van der Waals surface area contributed by atoms with Gasteiger partial charge < -0.3 is 10.0 Å². The summed E-state index contributed by atoms with van der Waals surface area (Å²) in [6, 6.07) is 6.10. The number of carboxylic acid groups (broad SMARTS) is 1. The zero-order valence-electron chi connectivity index (χ0n) is 13.1. The van der Waals surface area contributed by atoms with Crippen molar-refractivity contribution >= 4 is 6.09 Å². The topological polar surface area (TPSA) is 64.3 Å². The van der Waals surface area contributed by atoms with E-state index < -0.39 is 6.09 Å². The highest BCUT2D eigenvalue weighted by atomic mass is 16.4. The molecule has 1 N–H and O–H groups in total. The molecule has 1 aliphatic rings. The Morgan fingerprint density at radius 2 is 2.10 bits per heavy atom. The van der Waals surface area contributed by atoms with E-state index >= 15 is 0 Å². The molecule has 1 unspecified atom stereocenters. The fourth-order valence-electron chi connectivity index (χ4n) is 3.13. The van der Waals surface area contributed by atoms with Gasteiger partial charge in [0.25, 0.3) is 0 Å². The maximum atomic E-state index is 11.4. The van der Waals surface area contributed by atoms with Gasteiger partial charge in [0.2, 0.25) is 0 Å². The summed E-state index contributed by atoms with van der Waals surface area (Å²) in [5, 5.41) is 18.6. The summed E-state index contributed by atoms with van der Waals surface area (Å²) in [5.74, 6) is 0.137. The highest BCUT2D eigenvalue weighted by Crippen LogP contribution is 2.40. The molecule has 0 bridgehead atoms. The van der Waals surface area contributed by atoms with Crippen molar-refractivity contribution in [3.05, 3.63) is 34.4 Å². The average molecular weight is 286 g/mol. The lowest BCUT2D eigenvalue weighted by atomic mass is 9.74. The average Bonchev–Trinajstić information content (AvgIpc) is 2.58. The lowest BCUT2D eigenvalue weighted by molar-refractivity contribution is 0.135. The normalized spacial score (nSPS) is 18.6. The van der Waals surface area contributed by atoms with Crippen LogP contribution in [0.15, 0.2) is 12.1 Å². The standard InChI is InChI=1S/C17H22N2O2/c1-11-12(9-18)5-6-14-13(11)7-8-19(16(20)21)10-15(14)17(2,3)4/h5-6,15H,7-8,10H2,1-4H3,(H,20,21). The summed E-state index contributed by atoms with van der Waals surface area (Å²) >= 11 is 0. The predicted octanol–water partition coefficient (Wildman–Crippen LogP) is 3.53. The molecule has 0 saturated carbocycles. The van der Waals surface area contributed by atoms with Crippen LogP contribution in [0.4, 0.5) is 4.79 Å². The van der Waals surface area contributed by atoms with Gasteiger partial charge in [-0.15, -0.1) is 0 Å². The number of carbonyl (C=O) groups is 1. The number of hydrogen-bond acceptors (Lipinski definition) is 2. The zero-order valence-corrected chi connectivity index (χ0v) is 13.1. The molecule has 0 aliphatic carbocycles. The van der Waals surface area contributed by atoms with E-state index in [9.17, 15) is 15.2 Å². The number of nitrogens with zero attached hydrogens (tertiary/aromatic N) is 2. The largest absolute Gasteiger partial charge is 0.465 e. The lowest BCUT2D eigenvalue weighted by Crippen LogP contribution is -2.36. The third kappa shape index (κ3) is 2.87. The Balaban J connectivity index is 2.58. The third-order valence-corrected chi connectivity index (χ3v) is 4.48. The number of fused-ring (bicyclic) bond motifs is 1. The molecule has 1 amide bonds. The van der Waals surface area contributed by atoms with Crippen molar-refractivity contribution in [2.45, 2.75) is 40.0 Å². The first-order valence-electron chi connectivity index (χ1n) is 7.26. The van der Waals surface area contributed by atoms with Gasteiger partial charge in [-0.1, -0.05) is 26.8 Å². The maximum absolute atomic E-state index is 11.4. The van der Waals surface area contributed by atoms with E-state index in [2.05, 4.69) is 26.8 Å². The number of benzene rings is 1. The Kier molecular flexibility index (Phi) is 3.95. The SMILES string of the molecule is Cc1c(C#N)ccc2c1CCN(C(=O)O)CC2C(C)(C)C. The van der Waals surface area contributed by atoms with Gasteiger partial charge in [0.05, 0.1) is 11.6 Å². The minimum absolute atomic E-state index is 0.0343. The molecule has 0 aromatic heterocycles. The summed E-state index contributed by atoms with van der Waals surface area (Å²) in [6.45, 7) is 9.39. The van der Waals surface area contributed by atoms with Crippen molar-refractivity contribution in [3.8, 4) is 6.07 Å². The second-order valence-corrected chi connectivity index (χ2v) is 6.81. The van der Waals surface area contributed by atoms with Gasteiger partial charge in [0, 0.05) is 19.0 Å². The second-order valence-electron chi connectivity index (χ2n) is 6.81. The first-order valence-corrected chi connectivity index (χ1v) is 7.26. The van der Waals surface area contributed by atoms with Crippen LogP contribution in [0, 0.1) is 23.7 Å². The van der Waals surface area contributed by atoms with Gasteiger partial charge >= 0.3 is 6.09 Å². The second kappa shape index (κ2) is 5.40. The van der Waals surface area contributed by atoms with E-state index in [1.807, 2.05) is 19.1 Å². The van der Waals surface area contributed by atoms with Gasteiger partial charge in [0.1, 0.15) is 0 Å². The Morgan fingerprint density at radius 1 is 1.43 bits per heavy atom. The molecule has 0 fully saturated rings. The minimum Gasteiger partial charge on any atom is -0.465 e. The van der Waals surface area contributed by atoms with Crippen LogP contribution >= 0.6 is 0 Å². The minimum atomic E-state index is -0.866. The quantitative estimate of drug-likeness (QED) is 0.793. The molecule has 1 heterocycles. The highest BCUT2D eigenvalue weighted by molar-refractivity contribution is 5.65. The summed E-state index contributed by atoms with van der Waals surface area (Å²) < 4.78 is 0. The zero-order chi connectivity index (χ0) is 15.8. The van der Waals surface area contributed by atoms with E-state index in [0.29, 0.717) is 25.1 Å². The van der Waals surface area contributed by atoms with Crippen LogP contribution in [-0.4, -0.2) is 29.2 Å². The third-order valence-electron chi connectivity index (χ3n) is 4.48. The fraction of sp³-hybridized carbons (Fsp3) is 0.529. The van der Waals surface area contributed by atoms with Crippen LogP contribution in [-0.2, 0) is 6.42 Å². The van der Waals surface area contributed by atoms with Crippen molar-refractivity contribution in [1.82, 2.24) is 4.90 Å². The molecule has 4 heteroatoms. The summed E-state index contributed by atoms with van der Waals surface area (Å²) in [6.07, 6.45) is -0.189. The van der Waals surface area contributed by atoms with Crippen molar-refractivity contribution in [2.24, 2.45) is 5.41 Å². The molecule has 4 nitrogen and oxygen atoms in total. The monoisotopic (exact) mass is 286 g/mol. The first-order chi connectivity index (χ1) is 9.75. The number of amides is 1. The molecule has 0 radical (unpaired) electrons. The van der Waals surface area contributed by atoms with Crippen molar-refractivity contribution in [1.29, 1.82) is 5.26 Å². The van der Waals surface area contributed by atoms with Crippen LogP contribution in [0.1, 0.15) is 48.9 Å². The number of hydrogen-bond donors (Lipinski definition) is 1. The van der Waals surface area contributed by atoms with E-state index in [-0.39, 0.29) is 11.3 Å². The molecule has 1 aromatic rings. The summed E-state index contributed by atoms with van der Waals surface area (Å²) in [7, 11) is 0. The van der Waals surface area contributed by atoms with Crippen LogP contribution < -0.4 is 0 Å². The molecular formula is C17H22N2O2. The molecule has 0 saturated heterocycles. The number of rotatable bonds is 0. The Bertz CT molecular complexity index is 608. The molecular weight excluding hydrogens is 264 g/mol. The van der Waals surface area contributed by atoms with E-state index in [1.54, 1.807) is 0 Å². The van der Waals surface area contributed by atoms with E-state index in [1.165, 1.54) is 10.5 Å². The van der Waals surface area contributed by atoms with Crippen LogP contribution in [0.5, 0.6) is 0 Å².